The fourth-order valence-corrected chi connectivity index (χ4v) is 2.44. The molecule has 0 fully saturated rings. The molecule has 1 aromatic heterocycles. The van der Waals surface area contributed by atoms with Crippen LogP contribution in [0.1, 0.15) is 0 Å². The molecule has 0 saturated carbocycles. The number of ether oxygens (including phenoxy) is 1. The van der Waals surface area contributed by atoms with Crippen LogP contribution >= 0.6 is 11.3 Å². The second kappa shape index (κ2) is 5.07. The van der Waals surface area contributed by atoms with Gasteiger partial charge in [0.2, 0.25) is 0 Å². The Morgan fingerprint density at radius 3 is 2.22 bits per heavy atom. The maximum atomic E-state index is 5.73. The molecule has 0 saturated heterocycles. The van der Waals surface area contributed by atoms with Crippen LogP contribution in [0.3, 0.4) is 0 Å². The van der Waals surface area contributed by atoms with E-state index in [1.54, 1.807) is 11.3 Å². The van der Waals surface area contributed by atoms with Gasteiger partial charge in [-0.05, 0) is 59.5 Å². The Labute approximate surface area is 110 Å². The molecule has 3 rings (SSSR count). The van der Waals surface area contributed by atoms with Crippen molar-refractivity contribution in [2.75, 3.05) is 0 Å². The number of rotatable bonds is 3. The predicted molar refractivity (Wildman–Crippen MR) is 75.1 cm³/mol. The van der Waals surface area contributed by atoms with E-state index >= 15 is 0 Å². The Balaban J connectivity index is 1.80. The Kier molecular flexibility index (Phi) is 3.11. The molecule has 0 aliphatic rings. The van der Waals surface area contributed by atoms with Gasteiger partial charge in [0, 0.05) is 4.88 Å². The van der Waals surface area contributed by atoms with Crippen molar-refractivity contribution < 1.29 is 4.74 Å². The van der Waals surface area contributed by atoms with E-state index in [9.17, 15) is 0 Å². The van der Waals surface area contributed by atoms with E-state index in [-0.39, 0.29) is 0 Å². The van der Waals surface area contributed by atoms with E-state index in [4.69, 9.17) is 4.74 Å². The van der Waals surface area contributed by atoms with Crippen molar-refractivity contribution in [2.24, 2.45) is 0 Å². The van der Waals surface area contributed by atoms with E-state index in [0.717, 1.165) is 11.5 Å². The van der Waals surface area contributed by atoms with Crippen LogP contribution in [0, 0.1) is 6.07 Å². The van der Waals surface area contributed by atoms with Gasteiger partial charge in [0.15, 0.2) is 0 Å². The van der Waals surface area contributed by atoms with Crippen LogP contribution in [0.5, 0.6) is 11.5 Å². The molecule has 0 aliphatic heterocycles. The van der Waals surface area contributed by atoms with Crippen molar-refractivity contribution in [1.82, 2.24) is 0 Å². The van der Waals surface area contributed by atoms with Crippen LogP contribution in [0.25, 0.3) is 10.4 Å². The summed E-state index contributed by atoms with van der Waals surface area (Å²) in [6, 6.07) is 22.8. The van der Waals surface area contributed by atoms with Gasteiger partial charge in [-0.3, -0.25) is 0 Å². The summed E-state index contributed by atoms with van der Waals surface area (Å²) in [4.78, 5) is 1.27. The summed E-state index contributed by atoms with van der Waals surface area (Å²) < 4.78 is 5.73. The molecule has 0 bridgehead atoms. The zero-order valence-electron chi connectivity index (χ0n) is 9.67. The van der Waals surface area contributed by atoms with Crippen molar-refractivity contribution in [3.05, 3.63) is 72.1 Å². The predicted octanol–water partition coefficient (Wildman–Crippen LogP) is 5.01. The minimum Gasteiger partial charge on any atom is -0.457 e. The molecule has 1 heterocycles. The first-order chi connectivity index (χ1) is 8.92. The summed E-state index contributed by atoms with van der Waals surface area (Å²) in [6.07, 6.45) is 0. The number of benzene rings is 2. The smallest absolute Gasteiger partial charge is 0.127 e. The fourth-order valence-electron chi connectivity index (χ4n) is 1.71. The zero-order chi connectivity index (χ0) is 12.2. The van der Waals surface area contributed by atoms with Gasteiger partial charge in [0.05, 0.1) is 0 Å². The highest BCUT2D eigenvalue weighted by molar-refractivity contribution is 7.13. The Bertz CT molecular complexity index is 597. The topological polar surface area (TPSA) is 9.23 Å². The van der Waals surface area contributed by atoms with E-state index < -0.39 is 0 Å². The summed E-state index contributed by atoms with van der Waals surface area (Å²) in [5, 5.41) is 2.08. The third kappa shape index (κ3) is 2.44. The summed E-state index contributed by atoms with van der Waals surface area (Å²) >= 11 is 1.74. The average Bonchev–Trinajstić information content (AvgIpc) is 2.95. The molecule has 3 aromatic rings. The van der Waals surface area contributed by atoms with Crippen LogP contribution in [0.4, 0.5) is 0 Å². The number of thiophene rings is 1. The summed E-state index contributed by atoms with van der Waals surface area (Å²) in [7, 11) is 0. The Morgan fingerprint density at radius 2 is 1.56 bits per heavy atom. The van der Waals surface area contributed by atoms with E-state index in [0.29, 0.717) is 0 Å². The van der Waals surface area contributed by atoms with Crippen LogP contribution < -0.4 is 4.74 Å². The van der Waals surface area contributed by atoms with Gasteiger partial charge in [0.25, 0.3) is 0 Å². The van der Waals surface area contributed by atoms with Gasteiger partial charge in [-0.15, -0.1) is 11.3 Å². The Morgan fingerprint density at radius 1 is 0.833 bits per heavy atom. The lowest BCUT2D eigenvalue weighted by molar-refractivity contribution is 0.483. The highest BCUT2D eigenvalue weighted by atomic mass is 32.1. The lowest BCUT2D eigenvalue weighted by Gasteiger charge is -2.05. The second-order valence-electron chi connectivity index (χ2n) is 3.84. The van der Waals surface area contributed by atoms with Gasteiger partial charge >= 0.3 is 0 Å². The average molecular weight is 251 g/mol. The van der Waals surface area contributed by atoms with Crippen LogP contribution in [0.15, 0.2) is 66.0 Å². The highest BCUT2D eigenvalue weighted by Crippen LogP contribution is 2.28. The molecule has 0 unspecified atom stereocenters. The normalized spacial score (nSPS) is 10.2. The molecule has 0 N–H and O–H groups in total. The molecule has 1 radical (unpaired) electrons. The van der Waals surface area contributed by atoms with Gasteiger partial charge in [-0.2, -0.15) is 0 Å². The number of hydrogen-bond donors (Lipinski definition) is 0. The van der Waals surface area contributed by atoms with Gasteiger partial charge in [-0.25, -0.2) is 0 Å². The molecule has 0 atom stereocenters. The SMILES string of the molecule is [c]1ccc(Oc2ccc(-c3cccs3)cc2)cc1. The molecule has 0 amide bonds. The van der Waals surface area contributed by atoms with Crippen LogP contribution in [-0.2, 0) is 0 Å². The van der Waals surface area contributed by atoms with Crippen molar-refractivity contribution in [3.8, 4) is 21.9 Å². The highest BCUT2D eigenvalue weighted by Gasteiger charge is 2.00. The first kappa shape index (κ1) is 11.1. The summed E-state index contributed by atoms with van der Waals surface area (Å²) in [5.41, 5.74) is 1.22. The molecule has 0 aliphatic carbocycles. The fraction of sp³-hybridized carbons (Fsp3) is 0. The Hall–Kier alpha value is -2.06. The summed E-state index contributed by atoms with van der Waals surface area (Å²) in [6.45, 7) is 0. The van der Waals surface area contributed by atoms with E-state index in [2.05, 4.69) is 35.7 Å². The molecule has 18 heavy (non-hydrogen) atoms. The third-order valence-corrected chi connectivity index (χ3v) is 3.50. The van der Waals surface area contributed by atoms with Crippen molar-refractivity contribution in [2.45, 2.75) is 0 Å². The quantitative estimate of drug-likeness (QED) is 0.636. The van der Waals surface area contributed by atoms with Crippen LogP contribution in [-0.4, -0.2) is 0 Å². The maximum Gasteiger partial charge on any atom is 0.127 e. The largest absolute Gasteiger partial charge is 0.457 e. The maximum absolute atomic E-state index is 5.73. The monoisotopic (exact) mass is 251 g/mol. The molecule has 87 valence electrons. The number of hydrogen-bond acceptors (Lipinski definition) is 2. The van der Waals surface area contributed by atoms with E-state index in [1.807, 2.05) is 36.4 Å². The van der Waals surface area contributed by atoms with E-state index in [1.165, 1.54) is 10.4 Å². The second-order valence-corrected chi connectivity index (χ2v) is 4.79. The van der Waals surface area contributed by atoms with Crippen molar-refractivity contribution in [3.63, 3.8) is 0 Å². The van der Waals surface area contributed by atoms with Crippen molar-refractivity contribution >= 4 is 11.3 Å². The lowest BCUT2D eigenvalue weighted by atomic mass is 10.2. The lowest BCUT2D eigenvalue weighted by Crippen LogP contribution is -1.83. The minimum absolute atomic E-state index is 0.831. The first-order valence-corrected chi connectivity index (χ1v) is 6.58. The first-order valence-electron chi connectivity index (χ1n) is 5.70. The van der Waals surface area contributed by atoms with Crippen LogP contribution in [0.2, 0.25) is 0 Å². The van der Waals surface area contributed by atoms with Gasteiger partial charge in [-0.1, -0.05) is 18.2 Å². The molecule has 2 aromatic carbocycles. The minimum atomic E-state index is 0.831. The molecule has 0 spiro atoms. The summed E-state index contributed by atoms with van der Waals surface area (Å²) in [5.74, 6) is 1.68. The van der Waals surface area contributed by atoms with Gasteiger partial charge in [0.1, 0.15) is 11.5 Å². The van der Waals surface area contributed by atoms with Crippen molar-refractivity contribution in [1.29, 1.82) is 0 Å². The third-order valence-electron chi connectivity index (χ3n) is 2.58. The molecule has 1 nitrogen and oxygen atoms in total. The molecular weight excluding hydrogens is 240 g/mol. The van der Waals surface area contributed by atoms with Gasteiger partial charge < -0.3 is 4.74 Å². The standard InChI is InChI=1S/C16H11OS/c1-2-5-14(6-3-1)17-15-10-8-13(9-11-15)16-7-4-12-18-16/h2-12H. The molecular formula is C16H11OS. The zero-order valence-corrected chi connectivity index (χ0v) is 10.5. The molecule has 2 heteroatoms.